The van der Waals surface area contributed by atoms with E-state index in [1.54, 1.807) is 24.5 Å². The lowest BCUT2D eigenvalue weighted by Crippen LogP contribution is -2.28. The monoisotopic (exact) mass is 400 g/mol. The lowest BCUT2D eigenvalue weighted by molar-refractivity contribution is -0.119. The molecule has 0 radical (unpaired) electrons. The fourth-order valence-electron chi connectivity index (χ4n) is 2.97. The second kappa shape index (κ2) is 9.42. The predicted molar refractivity (Wildman–Crippen MR) is 111 cm³/mol. The summed E-state index contributed by atoms with van der Waals surface area (Å²) in [5.74, 6) is 0.508. The standard InChI is InChI=1S/C22H20N6O2/c29-22(21(28-16-24-26-27-28)13-17-5-2-1-3-6-17)25-19-8-10-20(11-9-19)30-15-18-7-4-12-23-14-18/h1-12,14,16,21H,13,15H2,(H,25,29). The molecule has 1 amide bonds. The summed E-state index contributed by atoms with van der Waals surface area (Å²) in [7, 11) is 0. The number of hydrogen-bond acceptors (Lipinski definition) is 6. The van der Waals surface area contributed by atoms with Gasteiger partial charge in [-0.1, -0.05) is 36.4 Å². The highest BCUT2D eigenvalue weighted by molar-refractivity contribution is 5.93. The van der Waals surface area contributed by atoms with E-state index in [-0.39, 0.29) is 5.91 Å². The number of pyridine rings is 1. The van der Waals surface area contributed by atoms with Crippen LogP contribution in [0.4, 0.5) is 5.69 Å². The van der Waals surface area contributed by atoms with Crippen LogP contribution >= 0.6 is 0 Å². The van der Waals surface area contributed by atoms with Gasteiger partial charge in [0.1, 0.15) is 24.7 Å². The Bertz CT molecular complexity index is 1050. The Morgan fingerprint density at radius 3 is 2.50 bits per heavy atom. The Morgan fingerprint density at radius 2 is 1.80 bits per heavy atom. The molecule has 0 saturated heterocycles. The van der Waals surface area contributed by atoms with E-state index in [1.807, 2.05) is 54.6 Å². The van der Waals surface area contributed by atoms with Gasteiger partial charge in [-0.05, 0) is 46.3 Å². The van der Waals surface area contributed by atoms with Gasteiger partial charge in [-0.2, -0.15) is 0 Å². The maximum Gasteiger partial charge on any atom is 0.249 e. The van der Waals surface area contributed by atoms with Crippen LogP contribution in [-0.4, -0.2) is 31.1 Å². The summed E-state index contributed by atoms with van der Waals surface area (Å²) < 4.78 is 7.22. The molecule has 2 aromatic heterocycles. The lowest BCUT2D eigenvalue weighted by atomic mass is 10.1. The first-order valence-electron chi connectivity index (χ1n) is 9.47. The Labute approximate surface area is 173 Å². The van der Waals surface area contributed by atoms with Gasteiger partial charge in [-0.25, -0.2) is 4.68 Å². The molecule has 2 aromatic carbocycles. The number of carbonyl (C=O) groups is 1. The first-order valence-corrected chi connectivity index (χ1v) is 9.47. The molecule has 4 aromatic rings. The maximum absolute atomic E-state index is 12.9. The molecular weight excluding hydrogens is 380 g/mol. The van der Waals surface area contributed by atoms with Gasteiger partial charge in [0.2, 0.25) is 5.91 Å². The minimum absolute atomic E-state index is 0.199. The van der Waals surface area contributed by atoms with E-state index in [2.05, 4.69) is 25.8 Å². The smallest absolute Gasteiger partial charge is 0.249 e. The van der Waals surface area contributed by atoms with Gasteiger partial charge >= 0.3 is 0 Å². The van der Waals surface area contributed by atoms with Crippen molar-refractivity contribution in [2.45, 2.75) is 19.1 Å². The Hall–Kier alpha value is -4.07. The molecule has 2 heterocycles. The Balaban J connectivity index is 1.40. The van der Waals surface area contributed by atoms with E-state index >= 15 is 0 Å². The van der Waals surface area contributed by atoms with Crippen LogP contribution in [-0.2, 0) is 17.8 Å². The van der Waals surface area contributed by atoms with Crippen LogP contribution in [0.1, 0.15) is 17.2 Å². The van der Waals surface area contributed by atoms with Crippen LogP contribution in [0.25, 0.3) is 0 Å². The van der Waals surface area contributed by atoms with Gasteiger partial charge in [-0.3, -0.25) is 9.78 Å². The van der Waals surface area contributed by atoms with Crippen molar-refractivity contribution in [2.75, 3.05) is 5.32 Å². The quantitative estimate of drug-likeness (QED) is 0.488. The molecule has 0 aliphatic rings. The number of nitrogens with zero attached hydrogens (tertiary/aromatic N) is 5. The number of carbonyl (C=O) groups excluding carboxylic acids is 1. The van der Waals surface area contributed by atoms with Gasteiger partial charge in [0.15, 0.2) is 0 Å². The summed E-state index contributed by atoms with van der Waals surface area (Å²) in [6, 6.07) is 20.2. The zero-order chi connectivity index (χ0) is 20.6. The summed E-state index contributed by atoms with van der Waals surface area (Å²) >= 11 is 0. The summed E-state index contributed by atoms with van der Waals surface area (Å²) in [4.78, 5) is 17.0. The predicted octanol–water partition coefficient (Wildman–Crippen LogP) is 3.07. The zero-order valence-corrected chi connectivity index (χ0v) is 16.1. The molecule has 0 aliphatic heterocycles. The van der Waals surface area contributed by atoms with E-state index in [1.165, 1.54) is 11.0 Å². The van der Waals surface area contributed by atoms with E-state index in [4.69, 9.17) is 4.74 Å². The molecule has 0 saturated carbocycles. The number of rotatable bonds is 8. The van der Waals surface area contributed by atoms with Crippen molar-refractivity contribution in [3.05, 3.63) is 96.6 Å². The highest BCUT2D eigenvalue weighted by Gasteiger charge is 2.22. The van der Waals surface area contributed by atoms with Crippen molar-refractivity contribution < 1.29 is 9.53 Å². The molecule has 0 aliphatic carbocycles. The highest BCUT2D eigenvalue weighted by Crippen LogP contribution is 2.20. The molecule has 8 nitrogen and oxygen atoms in total. The summed E-state index contributed by atoms with van der Waals surface area (Å²) in [6.45, 7) is 0.429. The molecule has 0 spiro atoms. The van der Waals surface area contributed by atoms with Crippen LogP contribution in [0, 0.1) is 0 Å². The fraction of sp³-hybridized carbons (Fsp3) is 0.136. The summed E-state index contributed by atoms with van der Waals surface area (Å²) in [5.41, 5.74) is 2.67. The third kappa shape index (κ3) is 5.05. The zero-order valence-electron chi connectivity index (χ0n) is 16.1. The van der Waals surface area contributed by atoms with Crippen molar-refractivity contribution in [1.82, 2.24) is 25.2 Å². The van der Waals surface area contributed by atoms with Crippen molar-refractivity contribution in [2.24, 2.45) is 0 Å². The Kier molecular flexibility index (Phi) is 6.05. The van der Waals surface area contributed by atoms with E-state index in [0.29, 0.717) is 24.5 Å². The third-order valence-corrected chi connectivity index (χ3v) is 4.51. The van der Waals surface area contributed by atoms with Crippen molar-refractivity contribution >= 4 is 11.6 Å². The van der Waals surface area contributed by atoms with Crippen molar-refractivity contribution in [3.63, 3.8) is 0 Å². The van der Waals surface area contributed by atoms with Crippen LogP contribution in [0.2, 0.25) is 0 Å². The first-order chi connectivity index (χ1) is 14.8. The van der Waals surface area contributed by atoms with Gasteiger partial charge < -0.3 is 10.1 Å². The van der Waals surface area contributed by atoms with Gasteiger partial charge in [0.05, 0.1) is 0 Å². The number of aromatic nitrogens is 5. The average molecular weight is 400 g/mol. The maximum atomic E-state index is 12.9. The molecule has 150 valence electrons. The number of anilines is 1. The second-order valence-electron chi connectivity index (χ2n) is 6.66. The number of nitrogens with one attached hydrogen (secondary N) is 1. The van der Waals surface area contributed by atoms with E-state index in [9.17, 15) is 4.79 Å². The topological polar surface area (TPSA) is 94.8 Å². The molecule has 1 unspecified atom stereocenters. The van der Waals surface area contributed by atoms with Crippen molar-refractivity contribution in [3.8, 4) is 5.75 Å². The molecule has 8 heteroatoms. The van der Waals surface area contributed by atoms with Gasteiger partial charge in [-0.15, -0.1) is 5.10 Å². The molecule has 4 rings (SSSR count). The van der Waals surface area contributed by atoms with Crippen LogP contribution in [0.5, 0.6) is 5.75 Å². The highest BCUT2D eigenvalue weighted by atomic mass is 16.5. The first kappa shape index (κ1) is 19.3. The molecule has 1 atom stereocenters. The largest absolute Gasteiger partial charge is 0.489 e. The molecule has 0 bridgehead atoms. The SMILES string of the molecule is O=C(Nc1ccc(OCc2cccnc2)cc1)C(Cc1ccccc1)n1cnnn1. The number of benzene rings is 2. The van der Waals surface area contributed by atoms with Gasteiger partial charge in [0, 0.05) is 30.1 Å². The van der Waals surface area contributed by atoms with Crippen LogP contribution in [0.15, 0.2) is 85.5 Å². The molecule has 30 heavy (non-hydrogen) atoms. The van der Waals surface area contributed by atoms with Crippen molar-refractivity contribution in [1.29, 1.82) is 0 Å². The van der Waals surface area contributed by atoms with Crippen LogP contribution < -0.4 is 10.1 Å². The molecule has 1 N–H and O–H groups in total. The second-order valence-corrected chi connectivity index (χ2v) is 6.66. The van der Waals surface area contributed by atoms with Gasteiger partial charge in [0.25, 0.3) is 0 Å². The summed E-state index contributed by atoms with van der Waals surface area (Å²) in [5, 5.41) is 14.2. The number of tetrazole rings is 1. The van der Waals surface area contributed by atoms with Crippen LogP contribution in [0.3, 0.4) is 0 Å². The number of ether oxygens (including phenoxy) is 1. The van der Waals surface area contributed by atoms with E-state index < -0.39 is 6.04 Å². The minimum atomic E-state index is -0.566. The third-order valence-electron chi connectivity index (χ3n) is 4.51. The normalized spacial score (nSPS) is 11.6. The molecular formula is C22H20N6O2. The summed E-state index contributed by atoms with van der Waals surface area (Å²) in [6.07, 6.45) is 5.41. The molecule has 0 fully saturated rings. The number of amides is 1. The van der Waals surface area contributed by atoms with E-state index in [0.717, 1.165) is 11.1 Å². The minimum Gasteiger partial charge on any atom is -0.489 e. The lowest BCUT2D eigenvalue weighted by Gasteiger charge is -2.16. The average Bonchev–Trinajstić information content (AvgIpc) is 3.33. The Morgan fingerprint density at radius 1 is 1.00 bits per heavy atom. The fourth-order valence-corrected chi connectivity index (χ4v) is 2.97. The number of hydrogen-bond donors (Lipinski definition) is 1.